The molecule has 0 saturated heterocycles. The Labute approximate surface area is 109 Å². The monoisotopic (exact) mass is 294 g/mol. The number of rotatable bonds is 4. The summed E-state index contributed by atoms with van der Waals surface area (Å²) >= 11 is 3.60. The molecule has 2 aromatic rings. The molecule has 1 aromatic heterocycles. The van der Waals surface area contributed by atoms with Gasteiger partial charge in [-0.1, -0.05) is 28.9 Å². The summed E-state index contributed by atoms with van der Waals surface area (Å²) in [6.07, 6.45) is 3.22. The number of hydrogen-bond acceptors (Lipinski definition) is 3. The van der Waals surface area contributed by atoms with Gasteiger partial charge in [0.15, 0.2) is 0 Å². The van der Waals surface area contributed by atoms with Crippen molar-refractivity contribution in [1.29, 1.82) is 0 Å². The lowest BCUT2D eigenvalue weighted by Gasteiger charge is -2.15. The van der Waals surface area contributed by atoms with Gasteiger partial charge in [-0.05, 0) is 31.2 Å². The maximum absolute atomic E-state index is 4.11. The van der Waals surface area contributed by atoms with Crippen LogP contribution in [0.15, 0.2) is 35.3 Å². The predicted molar refractivity (Wildman–Crippen MR) is 71.2 cm³/mol. The number of halogens is 1. The molecule has 0 saturated carbocycles. The first-order valence-electron chi connectivity index (χ1n) is 5.60. The van der Waals surface area contributed by atoms with Crippen molar-refractivity contribution in [3.8, 4) is 5.69 Å². The van der Waals surface area contributed by atoms with Gasteiger partial charge < -0.3 is 5.32 Å². The highest BCUT2D eigenvalue weighted by Gasteiger charge is 2.09. The lowest BCUT2D eigenvalue weighted by molar-refractivity contribution is 0.596. The fraction of sp³-hybridized carbons (Fsp3) is 0.333. The summed E-state index contributed by atoms with van der Waals surface area (Å²) in [5.74, 6) is 0. The predicted octanol–water partition coefficient (Wildman–Crippen LogP) is 2.70. The van der Waals surface area contributed by atoms with E-state index in [4.69, 9.17) is 0 Å². The highest BCUT2D eigenvalue weighted by Crippen LogP contribution is 2.25. The Morgan fingerprint density at radius 2 is 2.29 bits per heavy atom. The van der Waals surface area contributed by atoms with Crippen molar-refractivity contribution < 1.29 is 0 Å². The van der Waals surface area contributed by atoms with Crippen LogP contribution in [0.2, 0.25) is 0 Å². The van der Waals surface area contributed by atoms with Gasteiger partial charge in [0.05, 0.1) is 5.69 Å². The Hall–Kier alpha value is -1.20. The molecule has 2 rings (SSSR count). The van der Waals surface area contributed by atoms with Gasteiger partial charge in [0, 0.05) is 10.5 Å². The molecule has 1 heterocycles. The zero-order chi connectivity index (χ0) is 12.3. The first kappa shape index (κ1) is 12.3. The van der Waals surface area contributed by atoms with E-state index in [-0.39, 0.29) is 0 Å². The SMILES string of the molecule is CCNC(C)c1ccc(-n2cncn2)cc1Br. The summed E-state index contributed by atoms with van der Waals surface area (Å²) in [4.78, 5) is 3.94. The molecule has 0 bridgehead atoms. The Bertz CT molecular complexity index is 481. The molecule has 0 aliphatic carbocycles. The highest BCUT2D eigenvalue weighted by molar-refractivity contribution is 9.10. The van der Waals surface area contributed by atoms with Crippen molar-refractivity contribution >= 4 is 15.9 Å². The first-order valence-corrected chi connectivity index (χ1v) is 6.39. The van der Waals surface area contributed by atoms with Crippen LogP contribution in [0.5, 0.6) is 0 Å². The maximum Gasteiger partial charge on any atom is 0.138 e. The number of nitrogens with one attached hydrogen (secondary N) is 1. The molecule has 17 heavy (non-hydrogen) atoms. The Kier molecular flexibility index (Phi) is 3.91. The molecule has 90 valence electrons. The smallest absolute Gasteiger partial charge is 0.138 e. The molecule has 0 aliphatic heterocycles. The van der Waals surface area contributed by atoms with E-state index in [1.165, 1.54) is 11.9 Å². The molecule has 1 atom stereocenters. The largest absolute Gasteiger partial charge is 0.310 e. The summed E-state index contributed by atoms with van der Waals surface area (Å²) in [5.41, 5.74) is 2.25. The van der Waals surface area contributed by atoms with Gasteiger partial charge in [0.2, 0.25) is 0 Å². The van der Waals surface area contributed by atoms with Gasteiger partial charge in [-0.2, -0.15) is 5.10 Å². The molecule has 1 unspecified atom stereocenters. The van der Waals surface area contributed by atoms with Crippen molar-refractivity contribution in [2.45, 2.75) is 19.9 Å². The molecule has 0 radical (unpaired) electrons. The lowest BCUT2D eigenvalue weighted by Crippen LogP contribution is -2.18. The second-order valence-electron chi connectivity index (χ2n) is 3.83. The van der Waals surface area contributed by atoms with Crippen molar-refractivity contribution in [3.05, 3.63) is 40.9 Å². The van der Waals surface area contributed by atoms with Crippen LogP contribution in [-0.2, 0) is 0 Å². The van der Waals surface area contributed by atoms with E-state index >= 15 is 0 Å². The molecule has 0 fully saturated rings. The molecule has 4 nitrogen and oxygen atoms in total. The molecule has 0 aliphatic rings. The second-order valence-corrected chi connectivity index (χ2v) is 4.68. The van der Waals surface area contributed by atoms with E-state index in [9.17, 15) is 0 Å². The summed E-state index contributed by atoms with van der Waals surface area (Å²) < 4.78 is 2.82. The van der Waals surface area contributed by atoms with E-state index in [0.717, 1.165) is 16.7 Å². The van der Waals surface area contributed by atoms with Crippen LogP contribution in [0.4, 0.5) is 0 Å². The second kappa shape index (κ2) is 5.42. The van der Waals surface area contributed by atoms with Gasteiger partial charge in [0.25, 0.3) is 0 Å². The average Bonchev–Trinajstić information content (AvgIpc) is 2.82. The van der Waals surface area contributed by atoms with Crippen molar-refractivity contribution in [2.24, 2.45) is 0 Å². The van der Waals surface area contributed by atoms with E-state index in [2.05, 4.69) is 57.3 Å². The Morgan fingerprint density at radius 3 is 2.88 bits per heavy atom. The topological polar surface area (TPSA) is 42.7 Å². The van der Waals surface area contributed by atoms with Crippen LogP contribution in [-0.4, -0.2) is 21.3 Å². The van der Waals surface area contributed by atoms with Gasteiger partial charge in [0.1, 0.15) is 12.7 Å². The molecular weight excluding hydrogens is 280 g/mol. The summed E-state index contributed by atoms with van der Waals surface area (Å²) in [5, 5.41) is 7.50. The van der Waals surface area contributed by atoms with Gasteiger partial charge in [-0.25, -0.2) is 9.67 Å². The third kappa shape index (κ3) is 2.73. The van der Waals surface area contributed by atoms with Crippen molar-refractivity contribution in [3.63, 3.8) is 0 Å². The van der Waals surface area contributed by atoms with Crippen molar-refractivity contribution in [2.75, 3.05) is 6.54 Å². The molecule has 0 amide bonds. The van der Waals surface area contributed by atoms with Gasteiger partial charge in [-0.15, -0.1) is 0 Å². The highest BCUT2D eigenvalue weighted by atomic mass is 79.9. The molecule has 1 aromatic carbocycles. The normalized spacial score (nSPS) is 12.6. The first-order chi connectivity index (χ1) is 8.22. The van der Waals surface area contributed by atoms with Crippen molar-refractivity contribution in [1.82, 2.24) is 20.1 Å². The summed E-state index contributed by atoms with van der Waals surface area (Å²) in [6, 6.07) is 6.54. The van der Waals surface area contributed by atoms with E-state index in [1.54, 1.807) is 11.0 Å². The minimum absolute atomic E-state index is 0.333. The zero-order valence-electron chi connectivity index (χ0n) is 9.89. The Balaban J connectivity index is 2.29. The van der Waals surface area contributed by atoms with Crippen LogP contribution < -0.4 is 5.32 Å². The summed E-state index contributed by atoms with van der Waals surface area (Å²) in [6.45, 7) is 5.21. The van der Waals surface area contributed by atoms with E-state index in [1.807, 2.05) is 6.07 Å². The van der Waals surface area contributed by atoms with Crippen LogP contribution in [0.3, 0.4) is 0 Å². The summed E-state index contributed by atoms with van der Waals surface area (Å²) in [7, 11) is 0. The van der Waals surface area contributed by atoms with E-state index in [0.29, 0.717) is 6.04 Å². The molecular formula is C12H15BrN4. The molecule has 5 heteroatoms. The number of benzene rings is 1. The maximum atomic E-state index is 4.11. The van der Waals surface area contributed by atoms with Crippen LogP contribution in [0, 0.1) is 0 Å². The average molecular weight is 295 g/mol. The van der Waals surface area contributed by atoms with Crippen LogP contribution in [0.25, 0.3) is 5.69 Å². The number of aromatic nitrogens is 3. The van der Waals surface area contributed by atoms with Gasteiger partial charge >= 0.3 is 0 Å². The fourth-order valence-electron chi connectivity index (χ4n) is 1.77. The van der Waals surface area contributed by atoms with Crippen LogP contribution >= 0.6 is 15.9 Å². The molecule has 0 spiro atoms. The number of hydrogen-bond donors (Lipinski definition) is 1. The third-order valence-electron chi connectivity index (χ3n) is 2.64. The standard InChI is InChI=1S/C12H15BrN4/c1-3-15-9(2)11-5-4-10(6-12(11)13)17-8-14-7-16-17/h4-9,15H,3H2,1-2H3. The molecule has 1 N–H and O–H groups in total. The quantitative estimate of drug-likeness (QED) is 0.943. The van der Waals surface area contributed by atoms with Crippen LogP contribution in [0.1, 0.15) is 25.5 Å². The number of nitrogens with zero attached hydrogens (tertiary/aromatic N) is 3. The minimum Gasteiger partial charge on any atom is -0.310 e. The third-order valence-corrected chi connectivity index (χ3v) is 3.33. The van der Waals surface area contributed by atoms with Gasteiger partial charge in [-0.3, -0.25) is 0 Å². The Morgan fingerprint density at radius 1 is 1.47 bits per heavy atom. The lowest BCUT2D eigenvalue weighted by atomic mass is 10.1. The van der Waals surface area contributed by atoms with E-state index < -0.39 is 0 Å². The minimum atomic E-state index is 0.333. The fourth-order valence-corrected chi connectivity index (χ4v) is 2.48. The zero-order valence-corrected chi connectivity index (χ0v) is 11.5.